The van der Waals surface area contributed by atoms with Gasteiger partial charge in [0.1, 0.15) is 11.6 Å². The Morgan fingerprint density at radius 1 is 1.15 bits per heavy atom. The molecular formula is C13H11ClFNO3S. The van der Waals surface area contributed by atoms with Gasteiger partial charge >= 0.3 is 0 Å². The van der Waals surface area contributed by atoms with Gasteiger partial charge in [-0.05, 0) is 42.5 Å². The van der Waals surface area contributed by atoms with Gasteiger partial charge < -0.3 is 4.74 Å². The molecular weight excluding hydrogens is 305 g/mol. The maximum Gasteiger partial charge on any atom is 0.262 e. The van der Waals surface area contributed by atoms with Gasteiger partial charge in [0.2, 0.25) is 0 Å². The smallest absolute Gasteiger partial charge is 0.262 e. The molecule has 0 unspecified atom stereocenters. The van der Waals surface area contributed by atoms with Crippen LogP contribution in [0.1, 0.15) is 0 Å². The Labute approximate surface area is 121 Å². The lowest BCUT2D eigenvalue weighted by molar-refractivity contribution is 0.417. The van der Waals surface area contributed by atoms with E-state index in [9.17, 15) is 12.8 Å². The van der Waals surface area contributed by atoms with Crippen LogP contribution in [0.2, 0.25) is 5.02 Å². The van der Waals surface area contributed by atoms with Crippen molar-refractivity contribution in [1.82, 2.24) is 0 Å². The second-order valence-electron chi connectivity index (χ2n) is 3.90. The van der Waals surface area contributed by atoms with Crippen LogP contribution in [-0.4, -0.2) is 15.5 Å². The monoisotopic (exact) mass is 315 g/mol. The zero-order valence-corrected chi connectivity index (χ0v) is 12.0. The van der Waals surface area contributed by atoms with Crippen LogP contribution in [0.15, 0.2) is 47.4 Å². The molecule has 0 aromatic heterocycles. The van der Waals surface area contributed by atoms with Crippen molar-refractivity contribution in [3.8, 4) is 5.75 Å². The predicted molar refractivity (Wildman–Crippen MR) is 75.2 cm³/mol. The molecule has 2 aromatic carbocycles. The second kappa shape index (κ2) is 5.68. The van der Waals surface area contributed by atoms with Crippen molar-refractivity contribution in [3.05, 3.63) is 53.3 Å². The third-order valence-corrected chi connectivity index (χ3v) is 4.15. The minimum absolute atomic E-state index is 0.0547. The van der Waals surface area contributed by atoms with Gasteiger partial charge in [0, 0.05) is 5.02 Å². The molecule has 7 heteroatoms. The van der Waals surface area contributed by atoms with E-state index in [4.69, 9.17) is 16.3 Å². The van der Waals surface area contributed by atoms with Gasteiger partial charge in [-0.2, -0.15) is 0 Å². The van der Waals surface area contributed by atoms with Crippen LogP contribution < -0.4 is 9.46 Å². The third-order valence-electron chi connectivity index (χ3n) is 2.53. The molecule has 0 aliphatic carbocycles. The Balaban J connectivity index is 2.37. The van der Waals surface area contributed by atoms with Gasteiger partial charge in [-0.15, -0.1) is 0 Å². The van der Waals surface area contributed by atoms with E-state index in [0.29, 0.717) is 10.8 Å². The van der Waals surface area contributed by atoms with Crippen molar-refractivity contribution in [2.75, 3.05) is 11.8 Å². The van der Waals surface area contributed by atoms with Crippen LogP contribution in [0.3, 0.4) is 0 Å². The lowest BCUT2D eigenvalue weighted by Gasteiger charge is -2.12. The predicted octanol–water partition coefficient (Wildman–Crippen LogP) is 3.29. The van der Waals surface area contributed by atoms with Crippen LogP contribution in [0.4, 0.5) is 10.1 Å². The molecule has 4 nitrogen and oxygen atoms in total. The molecule has 0 saturated heterocycles. The van der Waals surface area contributed by atoms with Crippen molar-refractivity contribution >= 4 is 27.3 Å². The minimum Gasteiger partial charge on any atom is -0.495 e. The van der Waals surface area contributed by atoms with Crippen LogP contribution in [0.25, 0.3) is 0 Å². The molecule has 0 atom stereocenters. The van der Waals surface area contributed by atoms with Gasteiger partial charge in [-0.1, -0.05) is 11.6 Å². The van der Waals surface area contributed by atoms with Gasteiger partial charge in [0.25, 0.3) is 10.0 Å². The summed E-state index contributed by atoms with van der Waals surface area (Å²) in [4.78, 5) is -0.0547. The fourth-order valence-corrected chi connectivity index (χ4v) is 2.81. The Morgan fingerprint density at radius 3 is 2.40 bits per heavy atom. The Bertz CT molecular complexity index is 717. The highest BCUT2D eigenvalue weighted by molar-refractivity contribution is 7.92. The zero-order chi connectivity index (χ0) is 14.8. The molecule has 2 aromatic rings. The van der Waals surface area contributed by atoms with Crippen molar-refractivity contribution in [3.63, 3.8) is 0 Å². The minimum atomic E-state index is -3.83. The number of hydrogen-bond acceptors (Lipinski definition) is 3. The van der Waals surface area contributed by atoms with Crippen LogP contribution in [0.5, 0.6) is 5.75 Å². The number of rotatable bonds is 4. The van der Waals surface area contributed by atoms with E-state index in [1.807, 2.05) is 0 Å². The van der Waals surface area contributed by atoms with Gasteiger partial charge in [0.15, 0.2) is 0 Å². The third kappa shape index (κ3) is 3.20. The maximum absolute atomic E-state index is 12.8. The summed E-state index contributed by atoms with van der Waals surface area (Å²) >= 11 is 5.83. The highest BCUT2D eigenvalue weighted by Gasteiger charge is 2.16. The number of halogens is 2. The Kier molecular flexibility index (Phi) is 4.15. The summed E-state index contributed by atoms with van der Waals surface area (Å²) in [5, 5.41) is 0.364. The zero-order valence-electron chi connectivity index (χ0n) is 10.4. The topological polar surface area (TPSA) is 55.4 Å². The summed E-state index contributed by atoms with van der Waals surface area (Å²) in [6, 6.07) is 9.05. The van der Waals surface area contributed by atoms with Crippen LogP contribution in [-0.2, 0) is 10.0 Å². The van der Waals surface area contributed by atoms with Crippen molar-refractivity contribution in [2.45, 2.75) is 4.90 Å². The molecule has 0 amide bonds. The first-order chi connectivity index (χ1) is 9.42. The summed E-state index contributed by atoms with van der Waals surface area (Å²) in [6.45, 7) is 0. The molecule has 0 spiro atoms. The van der Waals surface area contributed by atoms with E-state index in [-0.39, 0.29) is 10.6 Å². The molecule has 2 rings (SSSR count). The van der Waals surface area contributed by atoms with Crippen LogP contribution >= 0.6 is 11.6 Å². The average Bonchev–Trinajstić information content (AvgIpc) is 2.39. The number of ether oxygens (including phenoxy) is 1. The van der Waals surface area contributed by atoms with Crippen molar-refractivity contribution in [2.24, 2.45) is 0 Å². The first kappa shape index (κ1) is 14.6. The number of nitrogens with one attached hydrogen (secondary N) is 1. The van der Waals surface area contributed by atoms with Crippen molar-refractivity contribution in [1.29, 1.82) is 0 Å². The fraction of sp³-hybridized carbons (Fsp3) is 0.0769. The fourth-order valence-electron chi connectivity index (χ4n) is 1.58. The van der Waals surface area contributed by atoms with E-state index in [0.717, 1.165) is 12.1 Å². The molecule has 1 N–H and O–H groups in total. The Morgan fingerprint density at radius 2 is 1.80 bits per heavy atom. The van der Waals surface area contributed by atoms with Crippen LogP contribution in [0, 0.1) is 5.82 Å². The first-order valence-corrected chi connectivity index (χ1v) is 7.40. The number of anilines is 1. The highest BCUT2D eigenvalue weighted by atomic mass is 35.5. The maximum atomic E-state index is 12.8. The molecule has 0 aliphatic rings. The second-order valence-corrected chi connectivity index (χ2v) is 6.02. The summed E-state index contributed by atoms with van der Waals surface area (Å²) in [6.07, 6.45) is 0. The lowest BCUT2D eigenvalue weighted by Crippen LogP contribution is -2.13. The summed E-state index contributed by atoms with van der Waals surface area (Å²) in [5.74, 6) is -0.177. The quantitative estimate of drug-likeness (QED) is 0.942. The number of sulfonamides is 1. The van der Waals surface area contributed by atoms with E-state index < -0.39 is 15.8 Å². The molecule has 0 fully saturated rings. The summed E-state index contributed by atoms with van der Waals surface area (Å²) in [7, 11) is -2.42. The Hall–Kier alpha value is -1.79. The molecule has 106 valence electrons. The van der Waals surface area contributed by atoms with E-state index in [1.54, 1.807) is 12.1 Å². The largest absolute Gasteiger partial charge is 0.495 e. The van der Waals surface area contributed by atoms with Crippen molar-refractivity contribution < 1.29 is 17.5 Å². The first-order valence-electron chi connectivity index (χ1n) is 5.54. The summed E-state index contributed by atoms with van der Waals surface area (Å²) in [5.41, 5.74) is 0.212. The highest BCUT2D eigenvalue weighted by Crippen LogP contribution is 2.29. The molecule has 0 heterocycles. The SMILES string of the molecule is COc1ccc(Cl)cc1NS(=O)(=O)c1ccc(F)cc1. The van der Waals surface area contributed by atoms with Gasteiger partial charge in [-0.3, -0.25) is 4.72 Å². The van der Waals surface area contributed by atoms with Gasteiger partial charge in [-0.25, -0.2) is 12.8 Å². The normalized spacial score (nSPS) is 11.2. The summed E-state index contributed by atoms with van der Waals surface area (Å²) < 4.78 is 44.6. The van der Waals surface area contributed by atoms with E-state index in [2.05, 4.69) is 4.72 Å². The number of hydrogen-bond donors (Lipinski definition) is 1. The molecule has 0 aliphatic heterocycles. The average molecular weight is 316 g/mol. The number of benzene rings is 2. The lowest BCUT2D eigenvalue weighted by atomic mass is 10.3. The molecule has 0 radical (unpaired) electrons. The van der Waals surface area contributed by atoms with Gasteiger partial charge in [0.05, 0.1) is 17.7 Å². The van der Waals surface area contributed by atoms with E-state index in [1.165, 1.54) is 25.3 Å². The molecule has 0 saturated carbocycles. The standard InChI is InChI=1S/C13H11ClFNO3S/c1-19-13-7-2-9(14)8-12(13)16-20(17,18)11-5-3-10(15)4-6-11/h2-8,16H,1H3. The number of methoxy groups -OCH3 is 1. The van der Waals surface area contributed by atoms with E-state index >= 15 is 0 Å². The molecule has 0 bridgehead atoms. The molecule has 20 heavy (non-hydrogen) atoms.